The van der Waals surface area contributed by atoms with Gasteiger partial charge in [0, 0.05) is 23.1 Å². The summed E-state index contributed by atoms with van der Waals surface area (Å²) in [5, 5.41) is 5.31. The van der Waals surface area contributed by atoms with E-state index in [0.29, 0.717) is 29.9 Å². The number of nitrogens with zero attached hydrogens (tertiary/aromatic N) is 1. The standard InChI is InChI=1S/C14H16N4O2S/c1-8-6-9(13(16)19)2-3-10(8)18-14(20)11-7-21-12(17-11)4-5-15/h2-3,6-7H,4-5,15H2,1H3,(H2,16,19)(H,18,20). The summed E-state index contributed by atoms with van der Waals surface area (Å²) in [6.45, 7) is 2.30. The summed E-state index contributed by atoms with van der Waals surface area (Å²) in [4.78, 5) is 27.4. The van der Waals surface area contributed by atoms with Crippen molar-refractivity contribution in [1.82, 2.24) is 4.98 Å². The van der Waals surface area contributed by atoms with Gasteiger partial charge in [-0.3, -0.25) is 9.59 Å². The highest BCUT2D eigenvalue weighted by molar-refractivity contribution is 7.09. The predicted octanol–water partition coefficient (Wildman–Crippen LogP) is 1.30. The van der Waals surface area contributed by atoms with Crippen LogP contribution in [-0.2, 0) is 6.42 Å². The molecule has 1 heterocycles. The van der Waals surface area contributed by atoms with E-state index >= 15 is 0 Å². The summed E-state index contributed by atoms with van der Waals surface area (Å²) in [7, 11) is 0. The molecule has 0 unspecified atom stereocenters. The molecule has 1 aromatic carbocycles. The summed E-state index contributed by atoms with van der Waals surface area (Å²) in [5.41, 5.74) is 12.8. The molecule has 6 nitrogen and oxygen atoms in total. The van der Waals surface area contributed by atoms with Crippen molar-refractivity contribution >= 4 is 28.8 Å². The quantitative estimate of drug-likeness (QED) is 0.773. The molecule has 0 aliphatic carbocycles. The molecule has 0 atom stereocenters. The molecule has 2 amide bonds. The average Bonchev–Trinajstić information content (AvgIpc) is 2.90. The fourth-order valence-corrected chi connectivity index (χ4v) is 2.59. The molecule has 110 valence electrons. The minimum atomic E-state index is -0.498. The van der Waals surface area contributed by atoms with Crippen molar-refractivity contribution in [3.05, 3.63) is 45.4 Å². The lowest BCUT2D eigenvalue weighted by molar-refractivity contribution is 0.0998. The monoisotopic (exact) mass is 304 g/mol. The molecular formula is C14H16N4O2S. The van der Waals surface area contributed by atoms with Crippen molar-refractivity contribution < 1.29 is 9.59 Å². The largest absolute Gasteiger partial charge is 0.366 e. The fraction of sp³-hybridized carbons (Fsp3) is 0.214. The van der Waals surface area contributed by atoms with Crippen LogP contribution in [0.15, 0.2) is 23.6 Å². The lowest BCUT2D eigenvalue weighted by atomic mass is 10.1. The number of primary amides is 1. The second-order valence-corrected chi connectivity index (χ2v) is 5.46. The third kappa shape index (κ3) is 3.65. The number of benzene rings is 1. The molecule has 0 spiro atoms. The molecule has 0 saturated carbocycles. The predicted molar refractivity (Wildman–Crippen MR) is 82.5 cm³/mol. The second-order valence-electron chi connectivity index (χ2n) is 4.51. The zero-order valence-electron chi connectivity index (χ0n) is 11.6. The van der Waals surface area contributed by atoms with E-state index in [1.165, 1.54) is 11.3 Å². The van der Waals surface area contributed by atoms with Gasteiger partial charge in [0.1, 0.15) is 5.69 Å². The normalized spacial score (nSPS) is 10.4. The van der Waals surface area contributed by atoms with Crippen LogP contribution >= 0.6 is 11.3 Å². The Hall–Kier alpha value is -2.25. The maximum absolute atomic E-state index is 12.1. The van der Waals surface area contributed by atoms with Crippen LogP contribution in [0.25, 0.3) is 0 Å². The third-order valence-corrected chi connectivity index (χ3v) is 3.81. The van der Waals surface area contributed by atoms with Gasteiger partial charge >= 0.3 is 0 Å². The van der Waals surface area contributed by atoms with Crippen molar-refractivity contribution in [2.45, 2.75) is 13.3 Å². The van der Waals surface area contributed by atoms with E-state index in [1.54, 1.807) is 30.5 Å². The van der Waals surface area contributed by atoms with Gasteiger partial charge in [-0.25, -0.2) is 4.98 Å². The van der Waals surface area contributed by atoms with E-state index in [0.717, 1.165) is 10.6 Å². The Morgan fingerprint density at radius 1 is 1.38 bits per heavy atom. The van der Waals surface area contributed by atoms with Crippen LogP contribution < -0.4 is 16.8 Å². The van der Waals surface area contributed by atoms with Gasteiger partial charge in [0.15, 0.2) is 0 Å². The number of anilines is 1. The van der Waals surface area contributed by atoms with Gasteiger partial charge in [0.2, 0.25) is 5.91 Å². The van der Waals surface area contributed by atoms with Crippen LogP contribution in [0, 0.1) is 6.92 Å². The maximum atomic E-state index is 12.1. The van der Waals surface area contributed by atoms with Crippen LogP contribution in [0.1, 0.15) is 31.4 Å². The Bertz CT molecular complexity index is 681. The molecule has 0 radical (unpaired) electrons. The topological polar surface area (TPSA) is 111 Å². The molecule has 2 rings (SSSR count). The first-order valence-electron chi connectivity index (χ1n) is 6.37. The van der Waals surface area contributed by atoms with Gasteiger partial charge in [-0.05, 0) is 37.2 Å². The van der Waals surface area contributed by atoms with E-state index in [4.69, 9.17) is 11.5 Å². The number of thiazole rings is 1. The number of aryl methyl sites for hydroxylation is 1. The fourth-order valence-electron chi connectivity index (χ4n) is 1.80. The number of hydrogen-bond acceptors (Lipinski definition) is 5. The Kier molecular flexibility index (Phi) is 4.66. The summed E-state index contributed by atoms with van der Waals surface area (Å²) in [6, 6.07) is 4.87. The summed E-state index contributed by atoms with van der Waals surface area (Å²) >= 11 is 1.41. The Morgan fingerprint density at radius 3 is 2.76 bits per heavy atom. The molecular weight excluding hydrogens is 288 g/mol. The summed E-state index contributed by atoms with van der Waals surface area (Å²) in [5.74, 6) is -0.786. The third-order valence-electron chi connectivity index (χ3n) is 2.90. The van der Waals surface area contributed by atoms with Crippen molar-refractivity contribution in [3.8, 4) is 0 Å². The zero-order chi connectivity index (χ0) is 15.4. The first-order valence-corrected chi connectivity index (χ1v) is 7.25. The summed E-state index contributed by atoms with van der Waals surface area (Å²) in [6.07, 6.45) is 0.657. The molecule has 21 heavy (non-hydrogen) atoms. The van der Waals surface area contributed by atoms with Crippen LogP contribution in [0.2, 0.25) is 0 Å². The van der Waals surface area contributed by atoms with Gasteiger partial charge in [0.25, 0.3) is 5.91 Å². The smallest absolute Gasteiger partial charge is 0.275 e. The first-order chi connectivity index (χ1) is 10.0. The summed E-state index contributed by atoms with van der Waals surface area (Å²) < 4.78 is 0. The number of rotatable bonds is 5. The lowest BCUT2D eigenvalue weighted by Gasteiger charge is -2.08. The van der Waals surface area contributed by atoms with E-state index in [2.05, 4.69) is 10.3 Å². The highest BCUT2D eigenvalue weighted by atomic mass is 32.1. The highest BCUT2D eigenvalue weighted by Gasteiger charge is 2.12. The number of amides is 2. The van der Waals surface area contributed by atoms with E-state index < -0.39 is 5.91 Å². The molecule has 0 aliphatic rings. The van der Waals surface area contributed by atoms with Crippen LogP contribution in [0.3, 0.4) is 0 Å². The molecule has 0 bridgehead atoms. The molecule has 0 saturated heterocycles. The SMILES string of the molecule is Cc1cc(C(N)=O)ccc1NC(=O)c1csc(CCN)n1. The molecule has 2 aromatic rings. The van der Waals surface area contributed by atoms with Crippen molar-refractivity contribution in [2.24, 2.45) is 11.5 Å². The van der Waals surface area contributed by atoms with Crippen molar-refractivity contribution in [2.75, 3.05) is 11.9 Å². The lowest BCUT2D eigenvalue weighted by Crippen LogP contribution is -2.15. The molecule has 7 heteroatoms. The Labute approximate surface area is 126 Å². The number of hydrogen-bond donors (Lipinski definition) is 3. The van der Waals surface area contributed by atoms with Gasteiger partial charge in [-0.15, -0.1) is 11.3 Å². The number of aromatic nitrogens is 1. The van der Waals surface area contributed by atoms with Crippen LogP contribution in [-0.4, -0.2) is 23.3 Å². The maximum Gasteiger partial charge on any atom is 0.275 e. The highest BCUT2D eigenvalue weighted by Crippen LogP contribution is 2.18. The molecule has 0 aliphatic heterocycles. The van der Waals surface area contributed by atoms with Gasteiger partial charge in [-0.1, -0.05) is 0 Å². The van der Waals surface area contributed by atoms with Crippen LogP contribution in [0.5, 0.6) is 0 Å². The molecule has 0 fully saturated rings. The van der Waals surface area contributed by atoms with Gasteiger partial charge in [0.05, 0.1) is 5.01 Å². The van der Waals surface area contributed by atoms with E-state index in [-0.39, 0.29) is 5.91 Å². The van der Waals surface area contributed by atoms with Crippen molar-refractivity contribution in [1.29, 1.82) is 0 Å². The minimum absolute atomic E-state index is 0.288. The number of carbonyl (C=O) groups is 2. The Morgan fingerprint density at radius 2 is 2.14 bits per heavy atom. The van der Waals surface area contributed by atoms with Gasteiger partial charge < -0.3 is 16.8 Å². The minimum Gasteiger partial charge on any atom is -0.366 e. The average molecular weight is 304 g/mol. The van der Waals surface area contributed by atoms with E-state index in [9.17, 15) is 9.59 Å². The molecule has 5 N–H and O–H groups in total. The zero-order valence-corrected chi connectivity index (χ0v) is 12.4. The Balaban J connectivity index is 2.13. The van der Waals surface area contributed by atoms with Gasteiger partial charge in [-0.2, -0.15) is 0 Å². The van der Waals surface area contributed by atoms with Crippen LogP contribution in [0.4, 0.5) is 5.69 Å². The number of nitrogens with two attached hydrogens (primary N) is 2. The number of carbonyl (C=O) groups excluding carboxylic acids is 2. The second kappa shape index (κ2) is 6.47. The first kappa shape index (κ1) is 15.1. The van der Waals surface area contributed by atoms with E-state index in [1.807, 2.05) is 0 Å². The van der Waals surface area contributed by atoms with Crippen molar-refractivity contribution in [3.63, 3.8) is 0 Å². The molecule has 1 aromatic heterocycles. The number of nitrogens with one attached hydrogen (secondary N) is 1.